The minimum absolute atomic E-state index is 0.342. The quantitative estimate of drug-likeness (QED) is 0.391. The summed E-state index contributed by atoms with van der Waals surface area (Å²) in [5.41, 5.74) is 1.23. The molecule has 0 saturated carbocycles. The Morgan fingerprint density at radius 2 is 1.84 bits per heavy atom. The standard InChI is InChI=1S/C22H23N5O3S/c1-31-13-11-18(27-21(29)14-6-2-3-7-15(14)26-22(27)30)20(28)23-12-10-19-24-16-8-4-5-9-17(16)25-19/h2-9,18H,10-13H2,1H3,(H,23,28)(H,24,25)(H,26,30)/t18-/m0/s1. The SMILES string of the molecule is CSCC[C@@H](C(=O)NCCc1nc2ccccc2[nH]1)n1c(=O)[nH]c2ccccc2c1=O. The van der Waals surface area contributed by atoms with Gasteiger partial charge in [-0.3, -0.25) is 9.59 Å². The summed E-state index contributed by atoms with van der Waals surface area (Å²) in [5, 5.41) is 3.25. The van der Waals surface area contributed by atoms with E-state index in [-0.39, 0.29) is 5.91 Å². The largest absolute Gasteiger partial charge is 0.354 e. The van der Waals surface area contributed by atoms with Crippen molar-refractivity contribution in [2.24, 2.45) is 0 Å². The second kappa shape index (κ2) is 9.22. The fourth-order valence-corrected chi connectivity index (χ4v) is 4.07. The predicted octanol–water partition coefficient (Wildman–Crippen LogP) is 2.22. The maximum Gasteiger partial charge on any atom is 0.329 e. The number of hydrogen-bond donors (Lipinski definition) is 3. The fourth-order valence-electron chi connectivity index (χ4n) is 3.61. The van der Waals surface area contributed by atoms with E-state index in [2.05, 4.69) is 20.3 Å². The molecule has 0 spiro atoms. The number of nitrogens with zero attached hydrogens (tertiary/aromatic N) is 2. The van der Waals surface area contributed by atoms with Crippen molar-refractivity contribution < 1.29 is 4.79 Å². The van der Waals surface area contributed by atoms with E-state index in [0.717, 1.165) is 21.4 Å². The van der Waals surface area contributed by atoms with Crippen molar-refractivity contribution >= 4 is 39.6 Å². The van der Waals surface area contributed by atoms with Crippen LogP contribution in [0.25, 0.3) is 21.9 Å². The first-order valence-electron chi connectivity index (χ1n) is 10.0. The molecule has 0 bridgehead atoms. The molecule has 0 fully saturated rings. The molecule has 31 heavy (non-hydrogen) atoms. The van der Waals surface area contributed by atoms with Gasteiger partial charge in [0.05, 0.1) is 21.9 Å². The van der Waals surface area contributed by atoms with Gasteiger partial charge in [0, 0.05) is 13.0 Å². The zero-order valence-electron chi connectivity index (χ0n) is 17.1. The summed E-state index contributed by atoms with van der Waals surface area (Å²) in [6.07, 6.45) is 2.81. The molecule has 2 aromatic carbocycles. The van der Waals surface area contributed by atoms with Crippen molar-refractivity contribution in [1.82, 2.24) is 24.8 Å². The first-order chi connectivity index (χ1) is 15.1. The van der Waals surface area contributed by atoms with Gasteiger partial charge in [-0.05, 0) is 42.7 Å². The number of amides is 1. The van der Waals surface area contributed by atoms with Crippen LogP contribution in [0.4, 0.5) is 0 Å². The first-order valence-corrected chi connectivity index (χ1v) is 11.4. The van der Waals surface area contributed by atoms with Crippen LogP contribution in [-0.2, 0) is 11.2 Å². The van der Waals surface area contributed by atoms with Crippen LogP contribution < -0.4 is 16.6 Å². The Labute approximate surface area is 182 Å². The van der Waals surface area contributed by atoms with E-state index < -0.39 is 17.3 Å². The Bertz CT molecular complexity index is 1310. The van der Waals surface area contributed by atoms with E-state index in [9.17, 15) is 14.4 Å². The molecule has 0 aliphatic carbocycles. The lowest BCUT2D eigenvalue weighted by atomic mass is 10.2. The van der Waals surface area contributed by atoms with Crippen LogP contribution in [0.1, 0.15) is 18.3 Å². The number of fused-ring (bicyclic) bond motifs is 2. The van der Waals surface area contributed by atoms with Gasteiger partial charge >= 0.3 is 5.69 Å². The number of thioether (sulfide) groups is 1. The maximum atomic E-state index is 13.0. The third kappa shape index (κ3) is 4.41. The molecular formula is C22H23N5O3S. The molecule has 0 aliphatic heterocycles. The number of benzene rings is 2. The number of nitrogens with one attached hydrogen (secondary N) is 3. The third-order valence-electron chi connectivity index (χ3n) is 5.15. The monoisotopic (exact) mass is 437 g/mol. The lowest BCUT2D eigenvalue weighted by Crippen LogP contribution is -2.45. The van der Waals surface area contributed by atoms with Crippen LogP contribution in [0.5, 0.6) is 0 Å². The van der Waals surface area contributed by atoms with Gasteiger partial charge in [0.2, 0.25) is 5.91 Å². The van der Waals surface area contributed by atoms with Gasteiger partial charge in [-0.15, -0.1) is 0 Å². The number of hydrogen-bond acceptors (Lipinski definition) is 5. The average Bonchev–Trinajstić information content (AvgIpc) is 3.18. The van der Waals surface area contributed by atoms with Gasteiger partial charge in [0.1, 0.15) is 11.9 Å². The Kier molecular flexibility index (Phi) is 6.22. The second-order valence-electron chi connectivity index (χ2n) is 7.19. The van der Waals surface area contributed by atoms with Crippen molar-refractivity contribution in [3.63, 3.8) is 0 Å². The average molecular weight is 438 g/mol. The molecule has 0 aliphatic rings. The van der Waals surface area contributed by atoms with Gasteiger partial charge in [-0.2, -0.15) is 11.8 Å². The predicted molar refractivity (Wildman–Crippen MR) is 124 cm³/mol. The molecule has 8 nitrogen and oxygen atoms in total. The van der Waals surface area contributed by atoms with Crippen molar-refractivity contribution in [3.8, 4) is 0 Å². The lowest BCUT2D eigenvalue weighted by molar-refractivity contribution is -0.124. The maximum absolute atomic E-state index is 13.0. The Morgan fingerprint density at radius 1 is 1.10 bits per heavy atom. The Balaban J connectivity index is 1.54. The van der Waals surface area contributed by atoms with Crippen molar-refractivity contribution in [2.45, 2.75) is 18.9 Å². The minimum Gasteiger partial charge on any atom is -0.354 e. The van der Waals surface area contributed by atoms with Gasteiger partial charge in [-0.1, -0.05) is 24.3 Å². The highest BCUT2D eigenvalue weighted by Crippen LogP contribution is 2.14. The number of para-hydroxylation sites is 3. The summed E-state index contributed by atoms with van der Waals surface area (Å²) in [6, 6.07) is 13.6. The van der Waals surface area contributed by atoms with Crippen LogP contribution in [0.15, 0.2) is 58.1 Å². The van der Waals surface area contributed by atoms with Crippen LogP contribution in [0.2, 0.25) is 0 Å². The van der Waals surface area contributed by atoms with Crippen LogP contribution >= 0.6 is 11.8 Å². The summed E-state index contributed by atoms with van der Waals surface area (Å²) in [6.45, 7) is 0.342. The molecule has 4 aromatic rings. The number of rotatable bonds is 8. The highest BCUT2D eigenvalue weighted by atomic mass is 32.2. The molecular weight excluding hydrogens is 414 g/mol. The molecule has 0 saturated heterocycles. The number of carbonyl (C=O) groups excluding carboxylic acids is 1. The molecule has 9 heteroatoms. The zero-order chi connectivity index (χ0) is 21.8. The lowest BCUT2D eigenvalue weighted by Gasteiger charge is -2.18. The summed E-state index contributed by atoms with van der Waals surface area (Å²) in [5.74, 6) is 1.05. The second-order valence-corrected chi connectivity index (χ2v) is 8.18. The number of aromatic amines is 2. The normalized spacial score (nSPS) is 12.3. The molecule has 2 aromatic heterocycles. The molecule has 1 atom stereocenters. The molecule has 1 amide bonds. The van der Waals surface area contributed by atoms with Crippen molar-refractivity contribution in [1.29, 1.82) is 0 Å². The molecule has 4 rings (SSSR count). The number of aromatic nitrogens is 4. The highest BCUT2D eigenvalue weighted by Gasteiger charge is 2.24. The van der Waals surface area contributed by atoms with E-state index in [1.54, 1.807) is 36.0 Å². The molecule has 0 radical (unpaired) electrons. The minimum atomic E-state index is -0.885. The van der Waals surface area contributed by atoms with Crippen molar-refractivity contribution in [3.05, 3.63) is 75.2 Å². The number of carbonyl (C=O) groups is 1. The zero-order valence-corrected chi connectivity index (χ0v) is 17.9. The number of imidazole rings is 1. The van der Waals surface area contributed by atoms with E-state index in [1.165, 1.54) is 0 Å². The molecule has 2 heterocycles. The smallest absolute Gasteiger partial charge is 0.329 e. The Morgan fingerprint density at radius 3 is 2.61 bits per heavy atom. The molecule has 160 valence electrons. The van der Waals surface area contributed by atoms with Crippen LogP contribution in [0.3, 0.4) is 0 Å². The van der Waals surface area contributed by atoms with Crippen LogP contribution in [0, 0.1) is 0 Å². The van der Waals surface area contributed by atoms with Gasteiger partial charge in [0.15, 0.2) is 0 Å². The van der Waals surface area contributed by atoms with Crippen LogP contribution in [-0.4, -0.2) is 44.0 Å². The van der Waals surface area contributed by atoms with E-state index in [0.29, 0.717) is 36.0 Å². The third-order valence-corrected chi connectivity index (χ3v) is 5.79. The fraction of sp³-hybridized carbons (Fsp3) is 0.273. The Hall–Kier alpha value is -3.33. The van der Waals surface area contributed by atoms with E-state index >= 15 is 0 Å². The topological polar surface area (TPSA) is 113 Å². The summed E-state index contributed by atoms with van der Waals surface area (Å²) in [4.78, 5) is 49.1. The van der Waals surface area contributed by atoms with Gasteiger partial charge in [0.25, 0.3) is 5.56 Å². The summed E-state index contributed by atoms with van der Waals surface area (Å²) < 4.78 is 1.04. The van der Waals surface area contributed by atoms with E-state index in [1.807, 2.05) is 30.5 Å². The van der Waals surface area contributed by atoms with Gasteiger partial charge in [-0.25, -0.2) is 14.3 Å². The highest BCUT2D eigenvalue weighted by molar-refractivity contribution is 7.98. The van der Waals surface area contributed by atoms with Gasteiger partial charge < -0.3 is 15.3 Å². The first kappa shape index (κ1) is 20.9. The molecule has 3 N–H and O–H groups in total. The number of H-pyrrole nitrogens is 2. The summed E-state index contributed by atoms with van der Waals surface area (Å²) >= 11 is 1.56. The summed E-state index contributed by atoms with van der Waals surface area (Å²) in [7, 11) is 0. The van der Waals surface area contributed by atoms with E-state index in [4.69, 9.17) is 0 Å². The van der Waals surface area contributed by atoms with Crippen molar-refractivity contribution in [2.75, 3.05) is 18.6 Å². The molecule has 0 unspecified atom stereocenters.